The van der Waals surface area contributed by atoms with Gasteiger partial charge in [-0.25, -0.2) is 13.8 Å². The summed E-state index contributed by atoms with van der Waals surface area (Å²) in [5.41, 5.74) is 7.09. The third-order valence-corrected chi connectivity index (χ3v) is 7.20. The minimum Gasteiger partial charge on any atom is -0.375 e. The Kier molecular flexibility index (Phi) is 5.75. The highest BCUT2D eigenvalue weighted by atomic mass is 35.5. The fourth-order valence-corrected chi connectivity index (χ4v) is 5.45. The van der Waals surface area contributed by atoms with Crippen LogP contribution >= 0.6 is 22.9 Å². The smallest absolute Gasteiger partial charge is 0.246 e. The Morgan fingerprint density at radius 1 is 1.26 bits per heavy atom. The number of anilines is 2. The number of hydrogen-bond acceptors (Lipinski definition) is 7. The Morgan fingerprint density at radius 3 is 2.69 bits per heavy atom. The Morgan fingerprint density at radius 2 is 2.00 bits per heavy atom. The lowest BCUT2D eigenvalue weighted by atomic mass is 9.99. The van der Waals surface area contributed by atoms with Gasteiger partial charge in [-0.05, 0) is 24.3 Å². The van der Waals surface area contributed by atoms with Crippen LogP contribution in [0.5, 0.6) is 0 Å². The highest BCUT2D eigenvalue weighted by molar-refractivity contribution is 7.22. The van der Waals surface area contributed by atoms with E-state index in [0.717, 1.165) is 11.3 Å². The molecule has 1 aliphatic rings. The van der Waals surface area contributed by atoms with Crippen LogP contribution in [0.2, 0.25) is 5.02 Å². The summed E-state index contributed by atoms with van der Waals surface area (Å²) >= 11 is 7.56. The van der Waals surface area contributed by atoms with Crippen molar-refractivity contribution in [1.82, 2.24) is 14.9 Å². The summed E-state index contributed by atoms with van der Waals surface area (Å²) in [6, 6.07) is 6.31. The third kappa shape index (κ3) is 3.73. The first-order valence-electron chi connectivity index (χ1n) is 10.6. The minimum absolute atomic E-state index is 0.0173. The SMILES string of the molecule is C=CC(=O)N1CCN(c2c(C#N)cnc3c(F)c(-c4ccc(F)c5sc(N)nc45)c(Cl)cc23)CC1. The first-order valence-corrected chi connectivity index (χ1v) is 11.8. The zero-order valence-electron chi connectivity index (χ0n) is 18.2. The maximum Gasteiger partial charge on any atom is 0.246 e. The van der Waals surface area contributed by atoms with Crippen LogP contribution in [0.25, 0.3) is 32.2 Å². The predicted molar refractivity (Wildman–Crippen MR) is 133 cm³/mol. The average Bonchev–Trinajstić information content (AvgIpc) is 3.26. The van der Waals surface area contributed by atoms with Gasteiger partial charge in [0.25, 0.3) is 0 Å². The van der Waals surface area contributed by atoms with E-state index >= 15 is 4.39 Å². The van der Waals surface area contributed by atoms with Gasteiger partial charge in [0.1, 0.15) is 17.4 Å². The Hall–Kier alpha value is -3.81. The van der Waals surface area contributed by atoms with Crippen LogP contribution < -0.4 is 10.6 Å². The maximum atomic E-state index is 16.0. The number of carbonyl (C=O) groups excluding carboxylic acids is 1. The summed E-state index contributed by atoms with van der Waals surface area (Å²) in [6.45, 7) is 5.23. The van der Waals surface area contributed by atoms with Crippen molar-refractivity contribution in [3.05, 3.63) is 59.3 Å². The third-order valence-electron chi connectivity index (χ3n) is 6.01. The molecule has 0 atom stereocenters. The largest absolute Gasteiger partial charge is 0.375 e. The molecular formula is C24H17ClF2N6OS. The molecule has 0 saturated carbocycles. The molecule has 2 N–H and O–H groups in total. The van der Waals surface area contributed by atoms with Crippen LogP contribution in [0, 0.1) is 23.0 Å². The number of fused-ring (bicyclic) bond motifs is 2. The molecule has 35 heavy (non-hydrogen) atoms. The molecule has 176 valence electrons. The van der Waals surface area contributed by atoms with Crippen molar-refractivity contribution in [3.63, 3.8) is 0 Å². The monoisotopic (exact) mass is 510 g/mol. The second kappa shape index (κ2) is 8.76. The van der Waals surface area contributed by atoms with Crippen LogP contribution in [-0.2, 0) is 4.79 Å². The summed E-state index contributed by atoms with van der Waals surface area (Å²) in [6.07, 6.45) is 2.58. The molecule has 5 rings (SSSR count). The molecule has 0 aliphatic carbocycles. The molecule has 0 radical (unpaired) electrons. The molecule has 1 amide bonds. The molecule has 0 unspecified atom stereocenters. The normalized spacial score (nSPS) is 13.9. The highest BCUT2D eigenvalue weighted by Crippen LogP contribution is 2.43. The number of hydrogen-bond donors (Lipinski definition) is 1. The van der Waals surface area contributed by atoms with Crippen LogP contribution in [0.15, 0.2) is 37.1 Å². The fourth-order valence-electron chi connectivity index (χ4n) is 4.39. The number of thiazole rings is 1. The van der Waals surface area contributed by atoms with Gasteiger partial charge >= 0.3 is 0 Å². The summed E-state index contributed by atoms with van der Waals surface area (Å²) in [7, 11) is 0. The van der Waals surface area contributed by atoms with E-state index < -0.39 is 11.6 Å². The summed E-state index contributed by atoms with van der Waals surface area (Å²) in [5.74, 6) is -1.39. The van der Waals surface area contributed by atoms with Gasteiger partial charge in [0.15, 0.2) is 10.9 Å². The second-order valence-electron chi connectivity index (χ2n) is 7.92. The van der Waals surface area contributed by atoms with Gasteiger partial charge in [-0.3, -0.25) is 9.78 Å². The van der Waals surface area contributed by atoms with E-state index in [9.17, 15) is 14.4 Å². The number of nitriles is 1. The summed E-state index contributed by atoms with van der Waals surface area (Å²) < 4.78 is 30.5. The number of pyridine rings is 1. The predicted octanol–water partition coefficient (Wildman–Crippen LogP) is 4.73. The average molecular weight is 511 g/mol. The Bertz CT molecular complexity index is 1570. The van der Waals surface area contributed by atoms with E-state index in [1.54, 1.807) is 11.0 Å². The number of nitrogens with zero attached hydrogens (tertiary/aromatic N) is 5. The molecule has 1 saturated heterocycles. The standard InChI is InChI=1S/C24H17ClF2N6OS/c1-2-17(34)32-5-7-33(8-6-32)22-12(10-28)11-30-20-14(22)9-15(25)18(19(20)27)13-3-4-16(26)23-21(13)31-24(29)35-23/h2-4,9,11H,1,5-8H2,(H2,29,31). The van der Waals surface area contributed by atoms with Gasteiger partial charge in [0.2, 0.25) is 5.91 Å². The van der Waals surface area contributed by atoms with Crippen molar-refractivity contribution >= 4 is 60.8 Å². The molecular weight excluding hydrogens is 494 g/mol. The van der Waals surface area contributed by atoms with Crippen LogP contribution in [0.1, 0.15) is 5.56 Å². The first-order chi connectivity index (χ1) is 16.8. The number of aromatic nitrogens is 2. The molecule has 2 aromatic heterocycles. The number of piperazine rings is 1. The van der Waals surface area contributed by atoms with Gasteiger partial charge in [-0.1, -0.05) is 29.5 Å². The van der Waals surface area contributed by atoms with E-state index in [4.69, 9.17) is 17.3 Å². The number of amides is 1. The zero-order chi connectivity index (χ0) is 24.9. The molecule has 3 heterocycles. The lowest BCUT2D eigenvalue weighted by Crippen LogP contribution is -2.48. The minimum atomic E-state index is -0.710. The number of halogens is 3. The molecule has 7 nitrogen and oxygen atoms in total. The van der Waals surface area contributed by atoms with Gasteiger partial charge in [0, 0.05) is 48.9 Å². The number of benzene rings is 2. The molecule has 0 bridgehead atoms. The van der Waals surface area contributed by atoms with Crippen LogP contribution in [0.4, 0.5) is 19.6 Å². The van der Waals surface area contributed by atoms with Crippen molar-refractivity contribution in [2.45, 2.75) is 0 Å². The van der Waals surface area contributed by atoms with Crippen LogP contribution in [0.3, 0.4) is 0 Å². The number of nitrogens with two attached hydrogens (primary N) is 1. The number of carbonyl (C=O) groups is 1. The van der Waals surface area contributed by atoms with E-state index in [-0.39, 0.29) is 42.9 Å². The van der Waals surface area contributed by atoms with Crippen molar-refractivity contribution in [2.24, 2.45) is 0 Å². The zero-order valence-corrected chi connectivity index (χ0v) is 19.8. The fraction of sp³-hybridized carbons (Fsp3) is 0.167. The quantitative estimate of drug-likeness (QED) is 0.400. The van der Waals surface area contributed by atoms with Crippen molar-refractivity contribution < 1.29 is 13.6 Å². The van der Waals surface area contributed by atoms with E-state index in [1.165, 1.54) is 24.4 Å². The molecule has 11 heteroatoms. The van der Waals surface area contributed by atoms with E-state index in [2.05, 4.69) is 22.6 Å². The van der Waals surface area contributed by atoms with Crippen molar-refractivity contribution in [3.8, 4) is 17.2 Å². The Labute approximate surface area is 207 Å². The number of rotatable bonds is 3. The van der Waals surface area contributed by atoms with Crippen LogP contribution in [-0.4, -0.2) is 47.0 Å². The van der Waals surface area contributed by atoms with Gasteiger partial charge < -0.3 is 15.5 Å². The van der Waals surface area contributed by atoms with Crippen molar-refractivity contribution in [2.75, 3.05) is 36.8 Å². The highest BCUT2D eigenvalue weighted by Gasteiger charge is 2.27. The lowest BCUT2D eigenvalue weighted by molar-refractivity contribution is -0.126. The molecule has 4 aromatic rings. The molecule has 0 spiro atoms. The number of nitrogen functional groups attached to an aromatic ring is 1. The van der Waals surface area contributed by atoms with Gasteiger partial charge in [-0.15, -0.1) is 0 Å². The molecule has 1 fully saturated rings. The lowest BCUT2D eigenvalue weighted by Gasteiger charge is -2.36. The second-order valence-corrected chi connectivity index (χ2v) is 9.35. The maximum absolute atomic E-state index is 16.0. The van der Waals surface area contributed by atoms with E-state index in [1.807, 2.05) is 4.90 Å². The topological polar surface area (TPSA) is 99.1 Å². The van der Waals surface area contributed by atoms with Crippen molar-refractivity contribution in [1.29, 1.82) is 5.26 Å². The summed E-state index contributed by atoms with van der Waals surface area (Å²) in [5, 5.41) is 10.3. The first kappa shape index (κ1) is 23.0. The van der Waals surface area contributed by atoms with Gasteiger partial charge in [-0.2, -0.15) is 5.26 Å². The molecule has 1 aliphatic heterocycles. The Balaban J connectivity index is 1.68. The molecule has 2 aromatic carbocycles. The van der Waals surface area contributed by atoms with Gasteiger partial charge in [0.05, 0.1) is 26.5 Å². The summed E-state index contributed by atoms with van der Waals surface area (Å²) in [4.78, 5) is 23.9. The van der Waals surface area contributed by atoms with E-state index in [0.29, 0.717) is 42.8 Å².